The molecule has 1 N–H and O–H groups in total. The number of nitrogens with one attached hydrogen (secondary N) is 1. The molecule has 156 valence electrons. The predicted molar refractivity (Wildman–Crippen MR) is 114 cm³/mol. The van der Waals surface area contributed by atoms with E-state index in [2.05, 4.69) is 26.1 Å². The Bertz CT molecular complexity index is 1010. The highest BCUT2D eigenvalue weighted by atomic mass is 19.1. The third-order valence-corrected chi connectivity index (χ3v) is 5.89. The van der Waals surface area contributed by atoms with Crippen LogP contribution in [0.4, 0.5) is 4.39 Å². The zero-order chi connectivity index (χ0) is 21.5. The SMILES string of the molecule is CC(C)(C)c1ccc(C2=NC3(CCN(C(=O)c4ccccc4F)CC3)NC2=O)cc1. The molecule has 0 aliphatic carbocycles. The van der Waals surface area contributed by atoms with Crippen LogP contribution < -0.4 is 5.32 Å². The van der Waals surface area contributed by atoms with Gasteiger partial charge in [0.05, 0.1) is 5.56 Å². The van der Waals surface area contributed by atoms with Gasteiger partial charge in [0.15, 0.2) is 0 Å². The van der Waals surface area contributed by atoms with Gasteiger partial charge in [-0.25, -0.2) is 4.39 Å². The van der Waals surface area contributed by atoms with Crippen LogP contribution in [0.2, 0.25) is 0 Å². The summed E-state index contributed by atoms with van der Waals surface area (Å²) in [6.07, 6.45) is 1.00. The van der Waals surface area contributed by atoms with Crippen molar-refractivity contribution in [3.63, 3.8) is 0 Å². The van der Waals surface area contributed by atoms with Gasteiger partial charge >= 0.3 is 0 Å². The van der Waals surface area contributed by atoms with Crippen LogP contribution in [0.25, 0.3) is 0 Å². The molecular formula is C24H26FN3O2. The van der Waals surface area contributed by atoms with Crippen molar-refractivity contribution in [1.29, 1.82) is 0 Å². The first-order chi connectivity index (χ1) is 14.2. The maximum Gasteiger partial charge on any atom is 0.272 e. The molecule has 2 aromatic rings. The van der Waals surface area contributed by atoms with Gasteiger partial charge in [-0.1, -0.05) is 57.2 Å². The Hall–Kier alpha value is -3.02. The van der Waals surface area contributed by atoms with Gasteiger partial charge in [0.25, 0.3) is 11.8 Å². The molecular weight excluding hydrogens is 381 g/mol. The van der Waals surface area contributed by atoms with Crippen molar-refractivity contribution in [2.24, 2.45) is 4.99 Å². The van der Waals surface area contributed by atoms with E-state index in [4.69, 9.17) is 4.99 Å². The van der Waals surface area contributed by atoms with Crippen LogP contribution in [0, 0.1) is 5.82 Å². The lowest BCUT2D eigenvalue weighted by molar-refractivity contribution is -0.115. The second-order valence-electron chi connectivity index (χ2n) is 9.05. The highest BCUT2D eigenvalue weighted by Crippen LogP contribution is 2.30. The van der Waals surface area contributed by atoms with Gasteiger partial charge in [-0.3, -0.25) is 14.6 Å². The van der Waals surface area contributed by atoms with Crippen molar-refractivity contribution < 1.29 is 14.0 Å². The van der Waals surface area contributed by atoms with Gasteiger partial charge in [0, 0.05) is 31.5 Å². The van der Waals surface area contributed by atoms with Crippen molar-refractivity contribution in [1.82, 2.24) is 10.2 Å². The molecule has 0 saturated carbocycles. The minimum Gasteiger partial charge on any atom is -0.338 e. The predicted octanol–water partition coefficient (Wildman–Crippen LogP) is 3.67. The van der Waals surface area contributed by atoms with Gasteiger partial charge in [-0.2, -0.15) is 0 Å². The van der Waals surface area contributed by atoms with Gasteiger partial charge in [-0.15, -0.1) is 0 Å². The fourth-order valence-corrected chi connectivity index (χ4v) is 4.01. The van der Waals surface area contributed by atoms with E-state index < -0.39 is 11.5 Å². The van der Waals surface area contributed by atoms with Gasteiger partial charge in [0.2, 0.25) is 0 Å². The van der Waals surface area contributed by atoms with E-state index >= 15 is 0 Å². The lowest BCUT2D eigenvalue weighted by Gasteiger charge is -2.37. The maximum absolute atomic E-state index is 14.0. The number of piperidine rings is 1. The van der Waals surface area contributed by atoms with Crippen LogP contribution in [-0.4, -0.2) is 41.2 Å². The molecule has 6 heteroatoms. The smallest absolute Gasteiger partial charge is 0.272 e. The second-order valence-corrected chi connectivity index (χ2v) is 9.05. The fourth-order valence-electron chi connectivity index (χ4n) is 4.01. The highest BCUT2D eigenvalue weighted by molar-refractivity contribution is 6.46. The monoisotopic (exact) mass is 407 g/mol. The molecule has 1 saturated heterocycles. The summed E-state index contributed by atoms with van der Waals surface area (Å²) in [5, 5.41) is 3.02. The number of nitrogens with zero attached hydrogens (tertiary/aromatic N) is 2. The molecule has 1 fully saturated rings. The molecule has 2 aliphatic heterocycles. The number of hydrogen-bond donors (Lipinski definition) is 1. The molecule has 2 aromatic carbocycles. The van der Waals surface area contributed by atoms with E-state index in [9.17, 15) is 14.0 Å². The number of likely N-dealkylation sites (tertiary alicyclic amines) is 1. The quantitative estimate of drug-likeness (QED) is 0.826. The molecule has 2 amide bonds. The Morgan fingerprint density at radius 1 is 1.07 bits per heavy atom. The minimum absolute atomic E-state index is 0.0388. The Morgan fingerprint density at radius 3 is 2.30 bits per heavy atom. The van der Waals surface area contributed by atoms with Crippen LogP contribution in [0.15, 0.2) is 53.5 Å². The van der Waals surface area contributed by atoms with Gasteiger partial charge in [0.1, 0.15) is 17.2 Å². The number of carbonyl (C=O) groups excluding carboxylic acids is 2. The van der Waals surface area contributed by atoms with Gasteiger partial charge in [-0.05, 0) is 23.1 Å². The standard InChI is InChI=1S/C24H26FN3O2/c1-23(2,3)17-10-8-16(9-11-17)20-21(29)27-24(26-20)12-14-28(15-13-24)22(30)18-6-4-5-7-19(18)25/h4-11H,12-15H2,1-3H3,(H,27,29). The second kappa shape index (κ2) is 7.35. The summed E-state index contributed by atoms with van der Waals surface area (Å²) in [7, 11) is 0. The van der Waals surface area contributed by atoms with E-state index in [1.54, 1.807) is 17.0 Å². The summed E-state index contributed by atoms with van der Waals surface area (Å²) >= 11 is 0. The summed E-state index contributed by atoms with van der Waals surface area (Å²) in [6.45, 7) is 7.26. The summed E-state index contributed by atoms with van der Waals surface area (Å²) in [4.78, 5) is 31.7. The van der Waals surface area contributed by atoms with Crippen LogP contribution in [0.5, 0.6) is 0 Å². The molecule has 0 radical (unpaired) electrons. The van der Waals surface area contributed by atoms with Crippen LogP contribution in [-0.2, 0) is 10.2 Å². The van der Waals surface area contributed by atoms with Crippen LogP contribution in [0.1, 0.15) is 55.1 Å². The van der Waals surface area contributed by atoms with E-state index in [0.29, 0.717) is 31.6 Å². The van der Waals surface area contributed by atoms with Crippen LogP contribution in [0.3, 0.4) is 0 Å². The molecule has 0 atom stereocenters. The Labute approximate surface area is 176 Å². The zero-order valence-electron chi connectivity index (χ0n) is 17.5. The topological polar surface area (TPSA) is 61.8 Å². The van der Waals surface area contributed by atoms with E-state index in [1.807, 2.05) is 24.3 Å². The zero-order valence-corrected chi connectivity index (χ0v) is 17.5. The summed E-state index contributed by atoms with van der Waals surface area (Å²) in [5.74, 6) is -1.03. The molecule has 30 heavy (non-hydrogen) atoms. The molecule has 2 heterocycles. The molecule has 0 aromatic heterocycles. The first-order valence-electron chi connectivity index (χ1n) is 10.3. The summed E-state index contributed by atoms with van der Waals surface area (Å²) in [6, 6.07) is 14.0. The van der Waals surface area contributed by atoms with Crippen molar-refractivity contribution in [2.45, 2.75) is 44.7 Å². The Balaban J connectivity index is 1.49. The number of halogens is 1. The number of aliphatic imine (C=N–C) groups is 1. The van der Waals surface area contributed by atoms with E-state index in [0.717, 1.165) is 5.56 Å². The molecule has 0 unspecified atom stereocenters. The molecule has 1 spiro atoms. The largest absolute Gasteiger partial charge is 0.338 e. The van der Waals surface area contributed by atoms with Crippen molar-refractivity contribution in [2.75, 3.05) is 13.1 Å². The Kier molecular flexibility index (Phi) is 4.96. The number of hydrogen-bond acceptors (Lipinski definition) is 3. The maximum atomic E-state index is 14.0. The lowest BCUT2D eigenvalue weighted by atomic mass is 9.86. The number of benzene rings is 2. The van der Waals surface area contributed by atoms with E-state index in [1.165, 1.54) is 17.7 Å². The lowest BCUT2D eigenvalue weighted by Crippen LogP contribution is -2.52. The van der Waals surface area contributed by atoms with Gasteiger partial charge < -0.3 is 10.2 Å². The number of rotatable bonds is 2. The summed E-state index contributed by atoms with van der Waals surface area (Å²) in [5.41, 5.74) is 1.84. The first kappa shape index (κ1) is 20.3. The van der Waals surface area contributed by atoms with Crippen LogP contribution >= 0.6 is 0 Å². The first-order valence-corrected chi connectivity index (χ1v) is 10.3. The average Bonchev–Trinajstić information content (AvgIpc) is 3.03. The third-order valence-electron chi connectivity index (χ3n) is 5.89. The number of amides is 2. The third kappa shape index (κ3) is 3.74. The Morgan fingerprint density at radius 2 is 1.70 bits per heavy atom. The fraction of sp³-hybridized carbons (Fsp3) is 0.375. The van der Waals surface area contributed by atoms with E-state index in [-0.39, 0.29) is 22.8 Å². The molecule has 0 bridgehead atoms. The van der Waals surface area contributed by atoms with Crippen molar-refractivity contribution in [3.8, 4) is 0 Å². The molecule has 5 nitrogen and oxygen atoms in total. The van der Waals surface area contributed by atoms with Crippen molar-refractivity contribution >= 4 is 17.5 Å². The van der Waals surface area contributed by atoms with Crippen molar-refractivity contribution in [3.05, 3.63) is 71.0 Å². The number of carbonyl (C=O) groups is 2. The average molecular weight is 407 g/mol. The minimum atomic E-state index is -0.693. The molecule has 4 rings (SSSR count). The summed E-state index contributed by atoms with van der Waals surface area (Å²) < 4.78 is 14.0. The molecule has 2 aliphatic rings. The normalized spacial score (nSPS) is 18.3. The highest BCUT2D eigenvalue weighted by Gasteiger charge is 2.43.